The van der Waals surface area contributed by atoms with Crippen LogP contribution in [0.25, 0.3) is 0 Å². The highest BCUT2D eigenvalue weighted by molar-refractivity contribution is 5.85. The molecular formula is C11H16ClNO2. The second-order valence-electron chi connectivity index (χ2n) is 3.51. The molecule has 84 valence electrons. The molecule has 0 bridgehead atoms. The maximum atomic E-state index is 10.9. The first-order chi connectivity index (χ1) is 6.61. The molecule has 1 N–H and O–H groups in total. The molecular weight excluding hydrogens is 214 g/mol. The fourth-order valence-corrected chi connectivity index (χ4v) is 1.33. The van der Waals surface area contributed by atoms with E-state index in [-0.39, 0.29) is 12.4 Å². The fourth-order valence-electron chi connectivity index (χ4n) is 1.33. The van der Waals surface area contributed by atoms with Crippen molar-refractivity contribution in [2.24, 2.45) is 0 Å². The highest BCUT2D eigenvalue weighted by Crippen LogP contribution is 2.06. The van der Waals surface area contributed by atoms with Crippen molar-refractivity contribution >= 4 is 18.4 Å². The Morgan fingerprint density at radius 2 is 1.87 bits per heavy atom. The van der Waals surface area contributed by atoms with Crippen molar-refractivity contribution in [2.45, 2.75) is 12.5 Å². The van der Waals surface area contributed by atoms with Crippen LogP contribution in [0.2, 0.25) is 0 Å². The van der Waals surface area contributed by atoms with E-state index in [1.807, 2.05) is 30.3 Å². The zero-order valence-electron chi connectivity index (χ0n) is 8.88. The molecule has 0 radical (unpaired) electrons. The molecule has 4 heteroatoms. The SMILES string of the molecule is CN(C)C(Cc1ccccc1)C(=O)O.Cl. The Kier molecular flexibility index (Phi) is 5.97. The third-order valence-electron chi connectivity index (χ3n) is 2.18. The van der Waals surface area contributed by atoms with E-state index >= 15 is 0 Å². The van der Waals surface area contributed by atoms with Crippen LogP contribution in [0.3, 0.4) is 0 Å². The third-order valence-corrected chi connectivity index (χ3v) is 2.18. The molecule has 1 unspecified atom stereocenters. The molecule has 1 atom stereocenters. The molecule has 0 aromatic heterocycles. The monoisotopic (exact) mass is 229 g/mol. The summed E-state index contributed by atoms with van der Waals surface area (Å²) >= 11 is 0. The van der Waals surface area contributed by atoms with E-state index in [1.54, 1.807) is 19.0 Å². The van der Waals surface area contributed by atoms with Crippen LogP contribution >= 0.6 is 12.4 Å². The number of halogens is 1. The van der Waals surface area contributed by atoms with E-state index < -0.39 is 12.0 Å². The van der Waals surface area contributed by atoms with Gasteiger partial charge in [-0.05, 0) is 26.1 Å². The summed E-state index contributed by atoms with van der Waals surface area (Å²) in [5.74, 6) is -0.779. The third kappa shape index (κ3) is 4.32. The molecule has 0 fully saturated rings. The summed E-state index contributed by atoms with van der Waals surface area (Å²) in [4.78, 5) is 12.6. The molecule has 1 aromatic rings. The number of nitrogens with zero attached hydrogens (tertiary/aromatic N) is 1. The Morgan fingerprint density at radius 3 is 2.27 bits per heavy atom. The van der Waals surface area contributed by atoms with Gasteiger partial charge in [0.05, 0.1) is 0 Å². The summed E-state index contributed by atoms with van der Waals surface area (Å²) in [6.07, 6.45) is 0.545. The van der Waals surface area contributed by atoms with Gasteiger partial charge in [-0.25, -0.2) is 0 Å². The first-order valence-electron chi connectivity index (χ1n) is 4.54. The van der Waals surface area contributed by atoms with Crippen LogP contribution in [-0.4, -0.2) is 36.1 Å². The molecule has 3 nitrogen and oxygen atoms in total. The number of carboxylic acid groups (broad SMARTS) is 1. The van der Waals surface area contributed by atoms with Gasteiger partial charge in [0.15, 0.2) is 0 Å². The van der Waals surface area contributed by atoms with Gasteiger partial charge in [-0.1, -0.05) is 30.3 Å². The van der Waals surface area contributed by atoms with Gasteiger partial charge >= 0.3 is 5.97 Å². The van der Waals surface area contributed by atoms with E-state index in [0.29, 0.717) is 6.42 Å². The fraction of sp³-hybridized carbons (Fsp3) is 0.364. The zero-order chi connectivity index (χ0) is 10.6. The van der Waals surface area contributed by atoms with E-state index in [2.05, 4.69) is 0 Å². The van der Waals surface area contributed by atoms with Gasteiger partial charge < -0.3 is 5.11 Å². The first-order valence-corrected chi connectivity index (χ1v) is 4.54. The van der Waals surface area contributed by atoms with E-state index in [1.165, 1.54) is 0 Å². The number of benzene rings is 1. The number of hydrogen-bond acceptors (Lipinski definition) is 2. The second-order valence-corrected chi connectivity index (χ2v) is 3.51. The highest BCUT2D eigenvalue weighted by atomic mass is 35.5. The molecule has 1 aromatic carbocycles. The average Bonchev–Trinajstić information content (AvgIpc) is 2.15. The Balaban J connectivity index is 0.00000196. The summed E-state index contributed by atoms with van der Waals surface area (Å²) in [6.45, 7) is 0. The summed E-state index contributed by atoms with van der Waals surface area (Å²) in [6, 6.07) is 9.21. The lowest BCUT2D eigenvalue weighted by Crippen LogP contribution is -2.37. The summed E-state index contributed by atoms with van der Waals surface area (Å²) < 4.78 is 0. The zero-order valence-corrected chi connectivity index (χ0v) is 9.70. The van der Waals surface area contributed by atoms with Crippen molar-refractivity contribution in [2.75, 3.05) is 14.1 Å². The maximum Gasteiger partial charge on any atom is 0.321 e. The normalized spacial score (nSPS) is 11.9. The number of aliphatic carboxylic acids is 1. The molecule has 1 rings (SSSR count). The molecule has 0 spiro atoms. The van der Waals surface area contributed by atoms with Gasteiger partial charge in [-0.2, -0.15) is 0 Å². The van der Waals surface area contributed by atoms with Crippen molar-refractivity contribution in [1.82, 2.24) is 4.90 Å². The molecule has 15 heavy (non-hydrogen) atoms. The van der Waals surface area contributed by atoms with Crippen molar-refractivity contribution in [3.05, 3.63) is 35.9 Å². The number of likely N-dealkylation sites (N-methyl/N-ethyl adjacent to an activating group) is 1. The lowest BCUT2D eigenvalue weighted by Gasteiger charge is -2.19. The minimum absolute atomic E-state index is 0. The van der Waals surface area contributed by atoms with E-state index in [9.17, 15) is 4.79 Å². The molecule has 0 heterocycles. The smallest absolute Gasteiger partial charge is 0.321 e. The molecule has 0 saturated heterocycles. The van der Waals surface area contributed by atoms with Gasteiger partial charge in [0.2, 0.25) is 0 Å². The van der Waals surface area contributed by atoms with Gasteiger partial charge in [-0.15, -0.1) is 12.4 Å². The Hall–Kier alpha value is -1.06. The topological polar surface area (TPSA) is 40.5 Å². The number of hydrogen-bond donors (Lipinski definition) is 1. The largest absolute Gasteiger partial charge is 0.480 e. The minimum Gasteiger partial charge on any atom is -0.480 e. The minimum atomic E-state index is -0.779. The van der Waals surface area contributed by atoms with Crippen molar-refractivity contribution in [1.29, 1.82) is 0 Å². The lowest BCUT2D eigenvalue weighted by molar-refractivity contribution is -0.142. The first kappa shape index (κ1) is 13.9. The van der Waals surface area contributed by atoms with Crippen LogP contribution < -0.4 is 0 Å². The van der Waals surface area contributed by atoms with Gasteiger partial charge in [0.1, 0.15) is 6.04 Å². The summed E-state index contributed by atoms with van der Waals surface area (Å²) in [7, 11) is 3.56. The molecule has 0 amide bonds. The number of carbonyl (C=O) groups is 1. The summed E-state index contributed by atoms with van der Waals surface area (Å²) in [5.41, 5.74) is 1.05. The molecule has 0 aliphatic rings. The van der Waals surface area contributed by atoms with Crippen molar-refractivity contribution in [3.63, 3.8) is 0 Å². The average molecular weight is 230 g/mol. The molecule has 0 saturated carbocycles. The standard InChI is InChI=1S/C11H15NO2.ClH/c1-12(2)10(11(13)14)8-9-6-4-3-5-7-9;/h3-7,10H,8H2,1-2H3,(H,13,14);1H. The van der Waals surface area contributed by atoms with Gasteiger partial charge in [-0.3, -0.25) is 9.69 Å². The van der Waals surface area contributed by atoms with Crippen LogP contribution in [0, 0.1) is 0 Å². The van der Waals surface area contributed by atoms with Crippen LogP contribution in [0.4, 0.5) is 0 Å². The van der Waals surface area contributed by atoms with Gasteiger partial charge in [0, 0.05) is 0 Å². The quantitative estimate of drug-likeness (QED) is 0.854. The van der Waals surface area contributed by atoms with E-state index in [0.717, 1.165) is 5.56 Å². The van der Waals surface area contributed by atoms with Crippen LogP contribution in [-0.2, 0) is 11.2 Å². The predicted molar refractivity (Wildman–Crippen MR) is 62.5 cm³/mol. The Morgan fingerprint density at radius 1 is 1.33 bits per heavy atom. The van der Waals surface area contributed by atoms with Crippen molar-refractivity contribution in [3.8, 4) is 0 Å². The number of carboxylic acids is 1. The maximum absolute atomic E-state index is 10.9. The van der Waals surface area contributed by atoms with Gasteiger partial charge in [0.25, 0.3) is 0 Å². The van der Waals surface area contributed by atoms with Crippen LogP contribution in [0.5, 0.6) is 0 Å². The lowest BCUT2D eigenvalue weighted by atomic mass is 10.1. The van der Waals surface area contributed by atoms with Crippen LogP contribution in [0.15, 0.2) is 30.3 Å². The van der Waals surface area contributed by atoms with E-state index in [4.69, 9.17) is 5.11 Å². The Bertz CT molecular complexity index is 301. The highest BCUT2D eigenvalue weighted by Gasteiger charge is 2.19. The second kappa shape index (κ2) is 6.43. The predicted octanol–water partition coefficient (Wildman–Crippen LogP) is 1.67. The Labute approximate surface area is 96.1 Å². The van der Waals surface area contributed by atoms with Crippen LogP contribution in [0.1, 0.15) is 5.56 Å². The molecule has 0 aliphatic heterocycles. The van der Waals surface area contributed by atoms with Crippen molar-refractivity contribution < 1.29 is 9.90 Å². The molecule has 0 aliphatic carbocycles. The summed E-state index contributed by atoms with van der Waals surface area (Å²) in [5, 5.41) is 8.96. The number of rotatable bonds is 4.